The lowest BCUT2D eigenvalue weighted by atomic mass is 9.89. The topological polar surface area (TPSA) is 80.6 Å². The molecular formula is C21H23F3N2O4. The van der Waals surface area contributed by atoms with Gasteiger partial charge in [-0.15, -0.1) is 0 Å². The van der Waals surface area contributed by atoms with Crippen molar-refractivity contribution < 1.29 is 31.9 Å². The van der Waals surface area contributed by atoms with Crippen molar-refractivity contribution in [2.24, 2.45) is 5.92 Å². The smallest absolute Gasteiger partial charge is 0.418 e. The van der Waals surface area contributed by atoms with Gasteiger partial charge in [-0.2, -0.15) is 13.2 Å². The third-order valence-corrected chi connectivity index (χ3v) is 4.94. The number of rotatable bonds is 6. The fourth-order valence-corrected chi connectivity index (χ4v) is 3.48. The summed E-state index contributed by atoms with van der Waals surface area (Å²) in [5.41, 5.74) is -1.54. The van der Waals surface area contributed by atoms with Crippen LogP contribution < -0.4 is 10.6 Å². The maximum absolute atomic E-state index is 13.5. The molecule has 0 radical (unpaired) electrons. The van der Waals surface area contributed by atoms with Crippen molar-refractivity contribution in [3.63, 3.8) is 0 Å². The standard InChI is InChI=1S/C21H23F3N2O4/c1-13-4-2-5-15(10-13)30-12-19(27)26-17-8-7-14(11-16(17)21(22,23)24)25-20(28)18-6-3-9-29-18/h3,6-9,11,13,15H,2,4-5,10,12H2,1H3,(H,25,28)(H,26,27). The number of halogens is 3. The zero-order valence-electron chi connectivity index (χ0n) is 16.4. The molecule has 0 saturated heterocycles. The molecule has 9 heteroatoms. The average Bonchev–Trinajstić information content (AvgIpc) is 3.22. The van der Waals surface area contributed by atoms with Crippen LogP contribution in [0.5, 0.6) is 0 Å². The second kappa shape index (κ2) is 9.34. The molecule has 3 rings (SSSR count). The molecule has 1 saturated carbocycles. The Hall–Kier alpha value is -2.81. The Balaban J connectivity index is 1.66. The third kappa shape index (κ3) is 5.85. The van der Waals surface area contributed by atoms with Crippen LogP contribution in [0, 0.1) is 5.92 Å². The quantitative estimate of drug-likeness (QED) is 0.677. The number of amides is 2. The highest BCUT2D eigenvalue weighted by atomic mass is 19.4. The van der Waals surface area contributed by atoms with E-state index in [0.717, 1.165) is 37.8 Å². The summed E-state index contributed by atoms with van der Waals surface area (Å²) in [5.74, 6) is -0.867. The van der Waals surface area contributed by atoms with Crippen molar-refractivity contribution in [3.8, 4) is 0 Å². The van der Waals surface area contributed by atoms with Crippen LogP contribution in [-0.2, 0) is 15.7 Å². The largest absolute Gasteiger partial charge is 0.459 e. The highest BCUT2D eigenvalue weighted by Gasteiger charge is 2.34. The Morgan fingerprint density at radius 3 is 2.67 bits per heavy atom. The first-order chi connectivity index (χ1) is 14.2. The molecule has 2 atom stereocenters. The van der Waals surface area contributed by atoms with Crippen molar-refractivity contribution in [1.29, 1.82) is 0 Å². The van der Waals surface area contributed by atoms with E-state index in [2.05, 4.69) is 17.6 Å². The van der Waals surface area contributed by atoms with Crippen molar-refractivity contribution >= 4 is 23.2 Å². The molecule has 2 N–H and O–H groups in total. The summed E-state index contributed by atoms with van der Waals surface area (Å²) in [7, 11) is 0. The zero-order valence-corrected chi connectivity index (χ0v) is 16.4. The normalized spacial score (nSPS) is 19.3. The van der Waals surface area contributed by atoms with Gasteiger partial charge >= 0.3 is 6.18 Å². The fraction of sp³-hybridized carbons (Fsp3) is 0.429. The number of hydrogen-bond acceptors (Lipinski definition) is 4. The predicted octanol–water partition coefficient (Wildman–Crippen LogP) is 5.08. The first-order valence-corrected chi connectivity index (χ1v) is 9.70. The number of hydrogen-bond donors (Lipinski definition) is 2. The van der Waals surface area contributed by atoms with E-state index in [1.165, 1.54) is 24.5 Å². The second-order valence-corrected chi connectivity index (χ2v) is 7.44. The van der Waals surface area contributed by atoms with Gasteiger partial charge in [-0.1, -0.05) is 19.8 Å². The van der Waals surface area contributed by atoms with E-state index >= 15 is 0 Å². The number of alkyl halides is 3. The summed E-state index contributed by atoms with van der Waals surface area (Å²) in [4.78, 5) is 24.1. The lowest BCUT2D eigenvalue weighted by Gasteiger charge is -2.26. The lowest BCUT2D eigenvalue weighted by molar-refractivity contribution is -0.137. The Bertz CT molecular complexity index is 881. The highest BCUT2D eigenvalue weighted by molar-refractivity contribution is 6.02. The summed E-state index contributed by atoms with van der Waals surface area (Å²) < 4.78 is 51.0. The van der Waals surface area contributed by atoms with Crippen LogP contribution in [0.4, 0.5) is 24.5 Å². The Morgan fingerprint density at radius 2 is 2.00 bits per heavy atom. The predicted molar refractivity (Wildman–Crippen MR) is 104 cm³/mol. The molecule has 1 aliphatic rings. The zero-order chi connectivity index (χ0) is 21.7. The Kier molecular flexibility index (Phi) is 6.81. The van der Waals surface area contributed by atoms with Gasteiger partial charge in [0.05, 0.1) is 23.6 Å². The van der Waals surface area contributed by atoms with Crippen molar-refractivity contribution in [3.05, 3.63) is 47.9 Å². The SMILES string of the molecule is CC1CCCC(OCC(=O)Nc2ccc(NC(=O)c3ccco3)cc2C(F)(F)F)C1. The number of furan rings is 1. The van der Waals surface area contributed by atoms with Crippen LogP contribution in [0.1, 0.15) is 48.7 Å². The molecular weight excluding hydrogens is 401 g/mol. The van der Waals surface area contributed by atoms with E-state index in [-0.39, 0.29) is 24.2 Å². The third-order valence-electron chi connectivity index (χ3n) is 4.94. The molecule has 0 aliphatic heterocycles. The number of carbonyl (C=O) groups excluding carboxylic acids is 2. The van der Waals surface area contributed by atoms with E-state index in [1.54, 1.807) is 0 Å². The fourth-order valence-electron chi connectivity index (χ4n) is 3.48. The first kappa shape index (κ1) is 21.9. The van der Waals surface area contributed by atoms with Gasteiger partial charge in [0.2, 0.25) is 5.91 Å². The summed E-state index contributed by atoms with van der Waals surface area (Å²) in [6.07, 6.45) is 0.306. The van der Waals surface area contributed by atoms with E-state index in [0.29, 0.717) is 5.92 Å². The number of benzene rings is 1. The number of anilines is 2. The van der Waals surface area contributed by atoms with Crippen LogP contribution in [0.2, 0.25) is 0 Å². The molecule has 0 spiro atoms. The van der Waals surface area contributed by atoms with Gasteiger partial charge in [0.1, 0.15) is 6.61 Å². The van der Waals surface area contributed by atoms with Crippen LogP contribution in [-0.4, -0.2) is 24.5 Å². The van der Waals surface area contributed by atoms with Crippen molar-refractivity contribution in [2.45, 2.75) is 44.9 Å². The lowest BCUT2D eigenvalue weighted by Crippen LogP contribution is -2.27. The van der Waals surface area contributed by atoms with Crippen LogP contribution in [0.3, 0.4) is 0 Å². The van der Waals surface area contributed by atoms with Gasteiger partial charge in [0.15, 0.2) is 5.76 Å². The van der Waals surface area contributed by atoms with Gasteiger partial charge in [0.25, 0.3) is 5.91 Å². The maximum Gasteiger partial charge on any atom is 0.418 e. The minimum Gasteiger partial charge on any atom is -0.459 e. The molecule has 0 bridgehead atoms. The van der Waals surface area contributed by atoms with E-state index < -0.39 is 29.2 Å². The molecule has 162 valence electrons. The van der Waals surface area contributed by atoms with Gasteiger partial charge in [-0.3, -0.25) is 9.59 Å². The van der Waals surface area contributed by atoms with Crippen molar-refractivity contribution in [2.75, 3.05) is 17.2 Å². The molecule has 1 heterocycles. The summed E-state index contributed by atoms with van der Waals surface area (Å²) in [5, 5.41) is 4.60. The molecule has 1 fully saturated rings. The maximum atomic E-state index is 13.5. The number of ether oxygens (including phenoxy) is 1. The highest BCUT2D eigenvalue weighted by Crippen LogP contribution is 2.36. The van der Waals surface area contributed by atoms with Crippen LogP contribution in [0.25, 0.3) is 0 Å². The van der Waals surface area contributed by atoms with Crippen LogP contribution >= 0.6 is 0 Å². The summed E-state index contributed by atoms with van der Waals surface area (Å²) in [6, 6.07) is 6.02. The summed E-state index contributed by atoms with van der Waals surface area (Å²) in [6.45, 7) is 1.79. The van der Waals surface area contributed by atoms with E-state index in [9.17, 15) is 22.8 Å². The molecule has 1 aromatic carbocycles. The molecule has 2 aromatic rings. The number of carbonyl (C=O) groups is 2. The molecule has 6 nitrogen and oxygen atoms in total. The number of nitrogens with one attached hydrogen (secondary N) is 2. The Morgan fingerprint density at radius 1 is 1.20 bits per heavy atom. The van der Waals surface area contributed by atoms with E-state index in [4.69, 9.17) is 9.15 Å². The molecule has 1 aromatic heterocycles. The second-order valence-electron chi connectivity index (χ2n) is 7.44. The molecule has 1 aliphatic carbocycles. The van der Waals surface area contributed by atoms with Crippen molar-refractivity contribution in [1.82, 2.24) is 0 Å². The Labute approximate surface area is 171 Å². The van der Waals surface area contributed by atoms with Gasteiger partial charge in [-0.05, 0) is 49.1 Å². The molecule has 30 heavy (non-hydrogen) atoms. The average molecular weight is 424 g/mol. The molecule has 2 unspecified atom stereocenters. The van der Waals surface area contributed by atoms with Crippen LogP contribution in [0.15, 0.2) is 41.0 Å². The van der Waals surface area contributed by atoms with Gasteiger partial charge < -0.3 is 19.8 Å². The minimum absolute atomic E-state index is 0.0323. The van der Waals surface area contributed by atoms with E-state index in [1.807, 2.05) is 0 Å². The minimum atomic E-state index is -4.73. The summed E-state index contributed by atoms with van der Waals surface area (Å²) >= 11 is 0. The first-order valence-electron chi connectivity index (χ1n) is 9.70. The molecule has 2 amide bonds. The monoisotopic (exact) mass is 424 g/mol. The van der Waals surface area contributed by atoms with Gasteiger partial charge in [0, 0.05) is 5.69 Å². The van der Waals surface area contributed by atoms with Gasteiger partial charge in [-0.25, -0.2) is 0 Å².